The summed E-state index contributed by atoms with van der Waals surface area (Å²) in [4.78, 5) is 0. The lowest BCUT2D eigenvalue weighted by Gasteiger charge is -2.05. The van der Waals surface area contributed by atoms with Crippen LogP contribution in [0.5, 0.6) is 0 Å². The van der Waals surface area contributed by atoms with Crippen LogP contribution in [-0.4, -0.2) is 16.2 Å². The quantitative estimate of drug-likeness (QED) is 0.899. The Labute approximate surface area is 105 Å². The third-order valence-electron chi connectivity index (χ3n) is 2.93. The van der Waals surface area contributed by atoms with Gasteiger partial charge in [-0.15, -0.1) is 10.2 Å². The molecule has 1 N–H and O–H groups in total. The molecule has 4 heteroatoms. The van der Waals surface area contributed by atoms with Crippen LogP contribution in [0, 0.1) is 12.7 Å². The fraction of sp³-hybridized carbons (Fsp3) is 0.286. The minimum absolute atomic E-state index is 0.244. The van der Waals surface area contributed by atoms with Crippen molar-refractivity contribution in [2.24, 2.45) is 0 Å². The highest BCUT2D eigenvalue weighted by Crippen LogP contribution is 2.24. The Kier molecular flexibility index (Phi) is 2.70. The molecule has 1 aromatic heterocycles. The summed E-state index contributed by atoms with van der Waals surface area (Å²) >= 11 is 0. The molecule has 1 fully saturated rings. The number of aromatic nitrogens is 2. The molecular formula is C14H14FN3. The third kappa shape index (κ3) is 2.47. The van der Waals surface area contributed by atoms with Gasteiger partial charge in [0.1, 0.15) is 11.6 Å². The van der Waals surface area contributed by atoms with Gasteiger partial charge in [0.25, 0.3) is 0 Å². The van der Waals surface area contributed by atoms with Gasteiger partial charge < -0.3 is 5.32 Å². The van der Waals surface area contributed by atoms with E-state index in [1.165, 1.54) is 25.0 Å². The van der Waals surface area contributed by atoms with Crippen LogP contribution in [0.2, 0.25) is 0 Å². The van der Waals surface area contributed by atoms with Crippen molar-refractivity contribution in [3.63, 3.8) is 0 Å². The Balaban J connectivity index is 1.86. The molecule has 0 saturated heterocycles. The monoisotopic (exact) mass is 243 g/mol. The molecule has 0 radical (unpaired) electrons. The maximum Gasteiger partial charge on any atom is 0.148 e. The molecule has 0 unspecified atom stereocenters. The fourth-order valence-electron chi connectivity index (χ4n) is 1.88. The number of benzene rings is 1. The molecule has 0 bridgehead atoms. The molecule has 1 aliphatic rings. The van der Waals surface area contributed by atoms with Gasteiger partial charge in [-0.25, -0.2) is 4.39 Å². The van der Waals surface area contributed by atoms with E-state index >= 15 is 0 Å². The topological polar surface area (TPSA) is 37.8 Å². The second kappa shape index (κ2) is 4.37. The number of rotatable bonds is 3. The van der Waals surface area contributed by atoms with Crippen LogP contribution in [0.25, 0.3) is 11.3 Å². The molecule has 1 heterocycles. The second-order valence-electron chi connectivity index (χ2n) is 4.74. The summed E-state index contributed by atoms with van der Waals surface area (Å²) in [7, 11) is 0. The van der Waals surface area contributed by atoms with Crippen LogP contribution in [0.1, 0.15) is 18.4 Å². The third-order valence-corrected chi connectivity index (χ3v) is 2.93. The maximum absolute atomic E-state index is 13.3. The summed E-state index contributed by atoms with van der Waals surface area (Å²) in [6, 6.07) is 9.19. The molecule has 92 valence electrons. The molecule has 1 aromatic carbocycles. The summed E-state index contributed by atoms with van der Waals surface area (Å²) < 4.78 is 13.3. The van der Waals surface area contributed by atoms with Gasteiger partial charge in [0.05, 0.1) is 5.69 Å². The predicted molar refractivity (Wildman–Crippen MR) is 68.8 cm³/mol. The van der Waals surface area contributed by atoms with E-state index in [2.05, 4.69) is 15.5 Å². The first-order chi connectivity index (χ1) is 8.70. The molecule has 2 aromatic rings. The van der Waals surface area contributed by atoms with Gasteiger partial charge in [0.15, 0.2) is 0 Å². The average Bonchev–Trinajstić information content (AvgIpc) is 3.12. The molecular weight excluding hydrogens is 229 g/mol. The molecule has 0 spiro atoms. The van der Waals surface area contributed by atoms with Crippen LogP contribution in [0.3, 0.4) is 0 Å². The Hall–Kier alpha value is -1.97. The number of halogens is 1. The van der Waals surface area contributed by atoms with Crippen molar-refractivity contribution < 1.29 is 4.39 Å². The zero-order valence-corrected chi connectivity index (χ0v) is 10.2. The predicted octanol–water partition coefficient (Wildman–Crippen LogP) is 3.17. The smallest absolute Gasteiger partial charge is 0.148 e. The Morgan fingerprint density at radius 1 is 1.17 bits per heavy atom. The zero-order valence-electron chi connectivity index (χ0n) is 10.2. The van der Waals surface area contributed by atoms with Crippen LogP contribution in [0.4, 0.5) is 10.2 Å². The van der Waals surface area contributed by atoms with Gasteiger partial charge in [-0.2, -0.15) is 0 Å². The van der Waals surface area contributed by atoms with Gasteiger partial charge in [0, 0.05) is 11.6 Å². The van der Waals surface area contributed by atoms with Crippen LogP contribution >= 0.6 is 0 Å². The number of anilines is 1. The number of aryl methyl sites for hydroxylation is 1. The Morgan fingerprint density at radius 2 is 2.00 bits per heavy atom. The van der Waals surface area contributed by atoms with E-state index in [0.29, 0.717) is 11.7 Å². The summed E-state index contributed by atoms with van der Waals surface area (Å²) in [6.07, 6.45) is 2.40. The summed E-state index contributed by atoms with van der Waals surface area (Å²) in [5.74, 6) is 0.543. The van der Waals surface area contributed by atoms with Gasteiger partial charge in [-0.1, -0.05) is 0 Å². The van der Waals surface area contributed by atoms with Gasteiger partial charge in [-0.3, -0.25) is 0 Å². The van der Waals surface area contributed by atoms with Crippen molar-refractivity contribution in [2.75, 3.05) is 5.32 Å². The van der Waals surface area contributed by atoms with E-state index in [1.807, 2.05) is 25.1 Å². The van der Waals surface area contributed by atoms with E-state index in [-0.39, 0.29) is 5.82 Å². The van der Waals surface area contributed by atoms with Crippen molar-refractivity contribution in [3.8, 4) is 11.3 Å². The first kappa shape index (κ1) is 11.1. The van der Waals surface area contributed by atoms with Crippen LogP contribution < -0.4 is 5.32 Å². The summed E-state index contributed by atoms with van der Waals surface area (Å²) in [5.41, 5.74) is 2.34. The standard InChI is InChI=1S/C14H14FN3/c1-9-6-10(8-11(15)7-9)13-4-5-14(18-17-13)16-12-2-3-12/h4-8,12H,2-3H2,1H3,(H,16,18). The fourth-order valence-corrected chi connectivity index (χ4v) is 1.88. The van der Waals surface area contributed by atoms with Gasteiger partial charge >= 0.3 is 0 Å². The van der Waals surface area contributed by atoms with Crippen molar-refractivity contribution >= 4 is 5.82 Å². The highest BCUT2D eigenvalue weighted by molar-refractivity contribution is 5.60. The van der Waals surface area contributed by atoms with E-state index in [4.69, 9.17) is 0 Å². The Bertz CT molecular complexity index is 542. The van der Waals surface area contributed by atoms with Crippen molar-refractivity contribution in [2.45, 2.75) is 25.8 Å². The SMILES string of the molecule is Cc1cc(F)cc(-c2ccc(NC3CC3)nn2)c1. The summed E-state index contributed by atoms with van der Waals surface area (Å²) in [6.45, 7) is 1.86. The van der Waals surface area contributed by atoms with Crippen molar-refractivity contribution in [3.05, 3.63) is 41.7 Å². The molecule has 0 atom stereocenters. The molecule has 0 aliphatic heterocycles. The molecule has 3 nitrogen and oxygen atoms in total. The Morgan fingerprint density at radius 3 is 2.61 bits per heavy atom. The summed E-state index contributed by atoms with van der Waals surface area (Å²) in [5, 5.41) is 11.5. The molecule has 1 aliphatic carbocycles. The average molecular weight is 243 g/mol. The number of hydrogen-bond donors (Lipinski definition) is 1. The van der Waals surface area contributed by atoms with Gasteiger partial charge in [-0.05, 0) is 55.7 Å². The maximum atomic E-state index is 13.3. The van der Waals surface area contributed by atoms with Gasteiger partial charge in [0.2, 0.25) is 0 Å². The van der Waals surface area contributed by atoms with E-state index in [1.54, 1.807) is 0 Å². The van der Waals surface area contributed by atoms with Crippen LogP contribution in [0.15, 0.2) is 30.3 Å². The van der Waals surface area contributed by atoms with E-state index in [0.717, 1.165) is 16.9 Å². The molecule has 0 amide bonds. The van der Waals surface area contributed by atoms with E-state index < -0.39 is 0 Å². The largest absolute Gasteiger partial charge is 0.366 e. The molecule has 3 rings (SSSR count). The normalized spacial score (nSPS) is 14.6. The highest BCUT2D eigenvalue weighted by atomic mass is 19.1. The van der Waals surface area contributed by atoms with Crippen LogP contribution in [-0.2, 0) is 0 Å². The van der Waals surface area contributed by atoms with Crippen molar-refractivity contribution in [1.82, 2.24) is 10.2 Å². The minimum atomic E-state index is -0.244. The lowest BCUT2D eigenvalue weighted by atomic mass is 10.1. The highest BCUT2D eigenvalue weighted by Gasteiger charge is 2.21. The van der Waals surface area contributed by atoms with Crippen molar-refractivity contribution in [1.29, 1.82) is 0 Å². The number of nitrogens with one attached hydrogen (secondary N) is 1. The first-order valence-electron chi connectivity index (χ1n) is 6.08. The number of nitrogens with zero attached hydrogens (tertiary/aromatic N) is 2. The lowest BCUT2D eigenvalue weighted by Crippen LogP contribution is -2.03. The minimum Gasteiger partial charge on any atom is -0.366 e. The zero-order chi connectivity index (χ0) is 12.5. The first-order valence-corrected chi connectivity index (χ1v) is 6.08. The molecule has 18 heavy (non-hydrogen) atoms. The van der Waals surface area contributed by atoms with E-state index in [9.17, 15) is 4.39 Å². The lowest BCUT2D eigenvalue weighted by molar-refractivity contribution is 0.627. The number of hydrogen-bond acceptors (Lipinski definition) is 3. The molecule has 1 saturated carbocycles. The second-order valence-corrected chi connectivity index (χ2v) is 4.74.